The largest absolute Gasteiger partial charge is 0.497 e. The Hall–Kier alpha value is -2.34. The van der Waals surface area contributed by atoms with Crippen LogP contribution in [0.5, 0.6) is 5.75 Å². The molecule has 6 heteroatoms. The number of piperidine rings is 1. The van der Waals surface area contributed by atoms with Crippen molar-refractivity contribution in [3.8, 4) is 17.0 Å². The molecule has 4 rings (SSSR count). The summed E-state index contributed by atoms with van der Waals surface area (Å²) in [4.78, 5) is 22.0. The molecule has 2 aromatic rings. The van der Waals surface area contributed by atoms with Crippen molar-refractivity contribution in [1.29, 1.82) is 0 Å². The molecule has 1 aromatic heterocycles. The monoisotopic (exact) mass is 368 g/mol. The molecule has 1 fully saturated rings. The molecule has 27 heavy (non-hydrogen) atoms. The van der Waals surface area contributed by atoms with Gasteiger partial charge in [-0.3, -0.25) is 9.69 Å². The van der Waals surface area contributed by atoms with Crippen molar-refractivity contribution in [3.05, 3.63) is 36.3 Å². The number of nitrogens with zero attached hydrogens (tertiary/aromatic N) is 4. The fourth-order valence-electron chi connectivity index (χ4n) is 4.24. The number of amides is 1. The molecule has 0 radical (unpaired) electrons. The first kappa shape index (κ1) is 18.0. The Morgan fingerprint density at radius 3 is 2.67 bits per heavy atom. The summed E-state index contributed by atoms with van der Waals surface area (Å²) in [5.74, 6) is 2.20. The number of imidazole rings is 1. The molecule has 0 N–H and O–H groups in total. The summed E-state index contributed by atoms with van der Waals surface area (Å²) >= 11 is 0. The molecule has 1 amide bonds. The standard InChI is InChI=1S/C21H28N4O2/c1-23-11-4-3-5-18(23)21(26)24-12-10-20-22-15-19(25(20)14-13-24)16-6-8-17(27-2)9-7-16/h6-9,15,18H,3-5,10-14H2,1-2H3/t18-/m1/s1. The van der Waals surface area contributed by atoms with Gasteiger partial charge >= 0.3 is 0 Å². The Morgan fingerprint density at radius 1 is 1.11 bits per heavy atom. The number of ether oxygens (including phenoxy) is 1. The predicted octanol–water partition coefficient (Wildman–Crippen LogP) is 2.43. The molecular formula is C21H28N4O2. The summed E-state index contributed by atoms with van der Waals surface area (Å²) in [5, 5.41) is 0. The molecule has 2 aliphatic heterocycles. The Bertz CT molecular complexity index is 799. The van der Waals surface area contributed by atoms with E-state index < -0.39 is 0 Å². The first-order valence-electron chi connectivity index (χ1n) is 9.85. The van der Waals surface area contributed by atoms with E-state index in [1.165, 1.54) is 6.42 Å². The normalized spacial score (nSPS) is 20.8. The minimum atomic E-state index is 0.0465. The number of methoxy groups -OCH3 is 1. The fraction of sp³-hybridized carbons (Fsp3) is 0.524. The molecule has 0 aliphatic carbocycles. The first-order chi connectivity index (χ1) is 13.2. The van der Waals surface area contributed by atoms with Crippen LogP contribution in [0.25, 0.3) is 11.3 Å². The highest BCUT2D eigenvalue weighted by Gasteiger charge is 2.31. The van der Waals surface area contributed by atoms with Crippen molar-refractivity contribution < 1.29 is 9.53 Å². The molecule has 6 nitrogen and oxygen atoms in total. The number of rotatable bonds is 3. The van der Waals surface area contributed by atoms with Crippen molar-refractivity contribution in [2.24, 2.45) is 0 Å². The molecule has 0 bridgehead atoms. The Labute approximate surface area is 160 Å². The van der Waals surface area contributed by atoms with Gasteiger partial charge in [-0.05, 0) is 50.7 Å². The highest BCUT2D eigenvalue weighted by atomic mass is 16.5. The van der Waals surface area contributed by atoms with E-state index in [1.54, 1.807) is 7.11 Å². The maximum atomic E-state index is 13.1. The van der Waals surface area contributed by atoms with Gasteiger partial charge in [-0.25, -0.2) is 4.98 Å². The first-order valence-corrected chi connectivity index (χ1v) is 9.85. The lowest BCUT2D eigenvalue weighted by molar-refractivity contribution is -0.137. The molecule has 0 saturated carbocycles. The summed E-state index contributed by atoms with van der Waals surface area (Å²) < 4.78 is 7.52. The predicted molar refractivity (Wildman–Crippen MR) is 105 cm³/mol. The quantitative estimate of drug-likeness (QED) is 0.835. The second-order valence-corrected chi connectivity index (χ2v) is 7.51. The van der Waals surface area contributed by atoms with E-state index in [2.05, 4.69) is 33.6 Å². The highest BCUT2D eigenvalue weighted by Crippen LogP contribution is 2.25. The molecule has 3 heterocycles. The van der Waals surface area contributed by atoms with Gasteiger partial charge in [0.15, 0.2) is 0 Å². The molecule has 1 atom stereocenters. The van der Waals surface area contributed by atoms with Crippen LogP contribution in [0.2, 0.25) is 0 Å². The van der Waals surface area contributed by atoms with Gasteiger partial charge in [0, 0.05) is 31.6 Å². The number of benzene rings is 1. The fourth-order valence-corrected chi connectivity index (χ4v) is 4.24. The average molecular weight is 368 g/mol. The van der Waals surface area contributed by atoms with Crippen LogP contribution in [0.3, 0.4) is 0 Å². The van der Waals surface area contributed by atoms with Crippen molar-refractivity contribution >= 4 is 5.91 Å². The van der Waals surface area contributed by atoms with E-state index in [1.807, 2.05) is 23.2 Å². The highest BCUT2D eigenvalue weighted by molar-refractivity contribution is 5.82. The van der Waals surface area contributed by atoms with E-state index in [9.17, 15) is 4.79 Å². The van der Waals surface area contributed by atoms with Gasteiger partial charge in [0.25, 0.3) is 0 Å². The SMILES string of the molecule is COc1ccc(-c2cnc3n2CCN(C(=O)[C@H]2CCCCN2C)CC3)cc1. The minimum Gasteiger partial charge on any atom is -0.497 e. The Kier molecular flexibility index (Phi) is 5.16. The number of hydrogen-bond acceptors (Lipinski definition) is 4. The number of hydrogen-bond donors (Lipinski definition) is 0. The summed E-state index contributed by atoms with van der Waals surface area (Å²) in [6.07, 6.45) is 6.08. The molecule has 0 spiro atoms. The van der Waals surface area contributed by atoms with Crippen LogP contribution in [0, 0.1) is 0 Å². The molecular weight excluding hydrogens is 340 g/mol. The van der Waals surface area contributed by atoms with Crippen molar-refractivity contribution in [2.75, 3.05) is 33.8 Å². The summed E-state index contributed by atoms with van der Waals surface area (Å²) in [6, 6.07) is 8.12. The van der Waals surface area contributed by atoms with Crippen molar-refractivity contribution in [2.45, 2.75) is 38.3 Å². The van der Waals surface area contributed by atoms with Crippen LogP contribution < -0.4 is 4.74 Å². The zero-order valence-corrected chi connectivity index (χ0v) is 16.2. The van der Waals surface area contributed by atoms with Gasteiger partial charge in [-0.2, -0.15) is 0 Å². The lowest BCUT2D eigenvalue weighted by Crippen LogP contribution is -2.50. The van der Waals surface area contributed by atoms with Crippen LogP contribution in [-0.2, 0) is 17.8 Å². The van der Waals surface area contributed by atoms with Crippen LogP contribution >= 0.6 is 0 Å². The van der Waals surface area contributed by atoms with E-state index in [-0.39, 0.29) is 11.9 Å². The lowest BCUT2D eigenvalue weighted by Gasteiger charge is -2.35. The third-order valence-electron chi connectivity index (χ3n) is 5.89. The van der Waals surface area contributed by atoms with Gasteiger partial charge < -0.3 is 14.2 Å². The number of fused-ring (bicyclic) bond motifs is 1. The minimum absolute atomic E-state index is 0.0465. The summed E-state index contributed by atoms with van der Waals surface area (Å²) in [5.41, 5.74) is 2.23. The Balaban J connectivity index is 1.50. The van der Waals surface area contributed by atoms with Crippen molar-refractivity contribution in [3.63, 3.8) is 0 Å². The van der Waals surface area contributed by atoms with Crippen LogP contribution in [0.1, 0.15) is 25.1 Å². The number of aromatic nitrogens is 2. The topological polar surface area (TPSA) is 50.6 Å². The number of likely N-dealkylation sites (tertiary alicyclic amines) is 1. The van der Waals surface area contributed by atoms with Gasteiger partial charge in [-0.15, -0.1) is 0 Å². The number of carbonyl (C=O) groups is 1. The van der Waals surface area contributed by atoms with E-state index >= 15 is 0 Å². The van der Waals surface area contributed by atoms with Gasteiger partial charge in [0.05, 0.1) is 25.0 Å². The number of carbonyl (C=O) groups excluding carboxylic acids is 1. The van der Waals surface area contributed by atoms with Gasteiger partial charge in [-0.1, -0.05) is 6.42 Å². The second kappa shape index (κ2) is 7.72. The molecule has 1 aromatic carbocycles. The van der Waals surface area contributed by atoms with Crippen LogP contribution in [0.4, 0.5) is 0 Å². The smallest absolute Gasteiger partial charge is 0.239 e. The maximum absolute atomic E-state index is 13.1. The third kappa shape index (κ3) is 3.58. The molecule has 2 aliphatic rings. The Morgan fingerprint density at radius 2 is 1.93 bits per heavy atom. The lowest BCUT2D eigenvalue weighted by atomic mass is 10.0. The van der Waals surface area contributed by atoms with Gasteiger partial charge in [0.1, 0.15) is 11.6 Å². The number of likely N-dealkylation sites (N-methyl/N-ethyl adjacent to an activating group) is 1. The van der Waals surface area contributed by atoms with E-state index in [4.69, 9.17) is 4.74 Å². The second-order valence-electron chi connectivity index (χ2n) is 7.51. The zero-order chi connectivity index (χ0) is 18.8. The zero-order valence-electron chi connectivity index (χ0n) is 16.2. The summed E-state index contributed by atoms with van der Waals surface area (Å²) in [6.45, 7) is 3.31. The molecule has 144 valence electrons. The summed E-state index contributed by atoms with van der Waals surface area (Å²) in [7, 11) is 3.75. The average Bonchev–Trinajstić information content (AvgIpc) is 2.99. The molecule has 1 saturated heterocycles. The van der Waals surface area contributed by atoms with E-state index in [0.717, 1.165) is 68.3 Å². The third-order valence-corrected chi connectivity index (χ3v) is 5.89. The van der Waals surface area contributed by atoms with Crippen molar-refractivity contribution in [1.82, 2.24) is 19.4 Å². The maximum Gasteiger partial charge on any atom is 0.239 e. The van der Waals surface area contributed by atoms with Crippen LogP contribution in [0.15, 0.2) is 30.5 Å². The van der Waals surface area contributed by atoms with E-state index in [0.29, 0.717) is 0 Å². The van der Waals surface area contributed by atoms with Crippen LogP contribution in [-0.4, -0.2) is 65.1 Å². The van der Waals surface area contributed by atoms with Gasteiger partial charge in [0.2, 0.25) is 5.91 Å². The molecule has 0 unspecified atom stereocenters.